The molecule has 2 aromatic carbocycles. The van der Waals surface area contributed by atoms with Gasteiger partial charge in [0.1, 0.15) is 5.75 Å². The van der Waals surface area contributed by atoms with Crippen molar-refractivity contribution >= 4 is 15.7 Å². The lowest BCUT2D eigenvalue weighted by atomic mass is 10.1. The number of para-hydroxylation sites is 2. The number of aryl methyl sites for hydroxylation is 1. The Labute approximate surface area is 125 Å². The average molecular weight is 305 g/mol. The normalized spacial score (nSPS) is 11.1. The first kappa shape index (κ1) is 15.4. The second-order valence-electron chi connectivity index (χ2n) is 4.71. The van der Waals surface area contributed by atoms with Crippen LogP contribution in [0, 0.1) is 0 Å². The lowest BCUT2D eigenvalue weighted by Gasteiger charge is -2.11. The van der Waals surface area contributed by atoms with Gasteiger partial charge in [-0.1, -0.05) is 42.5 Å². The van der Waals surface area contributed by atoms with Crippen LogP contribution in [0.4, 0.5) is 5.69 Å². The molecular weight excluding hydrogens is 286 g/mol. The Morgan fingerprint density at radius 2 is 1.67 bits per heavy atom. The summed E-state index contributed by atoms with van der Waals surface area (Å²) < 4.78 is 31.9. The van der Waals surface area contributed by atoms with Crippen LogP contribution in [0.15, 0.2) is 54.6 Å². The molecule has 0 fully saturated rings. The maximum absolute atomic E-state index is 12.1. The molecule has 2 rings (SSSR count). The van der Waals surface area contributed by atoms with Gasteiger partial charge >= 0.3 is 0 Å². The predicted octanol–water partition coefficient (Wildman–Crippen LogP) is 3.07. The maximum Gasteiger partial charge on any atom is 0.232 e. The van der Waals surface area contributed by atoms with Gasteiger partial charge in [-0.05, 0) is 30.5 Å². The van der Waals surface area contributed by atoms with E-state index in [0.29, 0.717) is 17.9 Å². The Balaban J connectivity index is 1.93. The van der Waals surface area contributed by atoms with Crippen molar-refractivity contribution in [1.29, 1.82) is 0 Å². The predicted molar refractivity (Wildman–Crippen MR) is 85.2 cm³/mol. The van der Waals surface area contributed by atoms with E-state index in [1.807, 2.05) is 30.3 Å². The second kappa shape index (κ2) is 7.13. The fraction of sp³-hybridized carbons (Fsp3) is 0.250. The van der Waals surface area contributed by atoms with Gasteiger partial charge in [0.25, 0.3) is 0 Å². The summed E-state index contributed by atoms with van der Waals surface area (Å²) in [4.78, 5) is 0. The molecule has 0 aromatic heterocycles. The second-order valence-corrected chi connectivity index (χ2v) is 6.55. The lowest BCUT2D eigenvalue weighted by molar-refractivity contribution is 0.417. The molecule has 0 amide bonds. The molecule has 4 nitrogen and oxygen atoms in total. The summed E-state index contributed by atoms with van der Waals surface area (Å²) in [7, 11) is -1.85. The zero-order valence-corrected chi connectivity index (χ0v) is 12.8. The molecule has 1 N–H and O–H groups in total. The van der Waals surface area contributed by atoms with Crippen LogP contribution < -0.4 is 9.46 Å². The van der Waals surface area contributed by atoms with E-state index in [1.165, 1.54) is 7.11 Å². The van der Waals surface area contributed by atoms with Crippen molar-refractivity contribution in [1.82, 2.24) is 0 Å². The van der Waals surface area contributed by atoms with Gasteiger partial charge in [-0.15, -0.1) is 0 Å². The van der Waals surface area contributed by atoms with Crippen LogP contribution in [0.1, 0.15) is 12.0 Å². The highest BCUT2D eigenvalue weighted by Gasteiger charge is 2.12. The summed E-state index contributed by atoms with van der Waals surface area (Å²) in [6.07, 6.45) is 1.32. The van der Waals surface area contributed by atoms with Gasteiger partial charge in [-0.2, -0.15) is 0 Å². The minimum atomic E-state index is -3.37. The number of nitrogens with one attached hydrogen (secondary N) is 1. The van der Waals surface area contributed by atoms with Crippen LogP contribution >= 0.6 is 0 Å². The number of methoxy groups -OCH3 is 1. The molecule has 0 heterocycles. The Morgan fingerprint density at radius 3 is 2.38 bits per heavy atom. The van der Waals surface area contributed by atoms with Crippen LogP contribution in [0.2, 0.25) is 0 Å². The molecule has 21 heavy (non-hydrogen) atoms. The van der Waals surface area contributed by atoms with Crippen molar-refractivity contribution in [2.24, 2.45) is 0 Å². The van der Waals surface area contributed by atoms with E-state index in [4.69, 9.17) is 4.74 Å². The lowest BCUT2D eigenvalue weighted by Crippen LogP contribution is -2.17. The molecule has 0 aliphatic heterocycles. The number of benzene rings is 2. The van der Waals surface area contributed by atoms with Gasteiger partial charge in [0.15, 0.2) is 0 Å². The van der Waals surface area contributed by atoms with E-state index < -0.39 is 10.0 Å². The van der Waals surface area contributed by atoms with Gasteiger partial charge in [0.05, 0.1) is 18.6 Å². The number of hydrogen-bond acceptors (Lipinski definition) is 3. The van der Waals surface area contributed by atoms with Crippen molar-refractivity contribution in [3.8, 4) is 5.75 Å². The van der Waals surface area contributed by atoms with Crippen molar-refractivity contribution in [3.05, 3.63) is 60.2 Å². The molecule has 0 aliphatic carbocycles. The largest absolute Gasteiger partial charge is 0.495 e. The number of ether oxygens (including phenoxy) is 1. The fourth-order valence-electron chi connectivity index (χ4n) is 2.06. The Bertz CT molecular complexity index is 669. The van der Waals surface area contributed by atoms with Crippen LogP contribution in [-0.2, 0) is 16.4 Å². The summed E-state index contributed by atoms with van der Waals surface area (Å²) in [5.41, 5.74) is 1.62. The number of sulfonamides is 1. The third-order valence-corrected chi connectivity index (χ3v) is 4.45. The highest BCUT2D eigenvalue weighted by atomic mass is 32.2. The molecule has 112 valence electrons. The molecule has 2 aromatic rings. The Morgan fingerprint density at radius 1 is 1.00 bits per heavy atom. The standard InChI is InChI=1S/C16H19NO3S/c1-20-16-12-6-5-11-15(16)17-21(18,19)13-7-10-14-8-3-2-4-9-14/h2-6,8-9,11-12,17H,7,10,13H2,1H3. The number of rotatable bonds is 7. The van der Waals surface area contributed by atoms with Gasteiger partial charge in [-0.3, -0.25) is 4.72 Å². The molecule has 0 spiro atoms. The molecule has 0 unspecified atom stereocenters. The van der Waals surface area contributed by atoms with Gasteiger partial charge in [0, 0.05) is 0 Å². The monoisotopic (exact) mass is 305 g/mol. The summed E-state index contributed by atoms with van der Waals surface area (Å²) in [6, 6.07) is 16.8. The van der Waals surface area contributed by atoms with Crippen molar-refractivity contribution in [2.75, 3.05) is 17.6 Å². The SMILES string of the molecule is COc1ccccc1NS(=O)(=O)CCCc1ccccc1. The summed E-state index contributed by atoms with van der Waals surface area (Å²) >= 11 is 0. The molecular formula is C16H19NO3S. The van der Waals surface area contributed by atoms with E-state index in [1.54, 1.807) is 24.3 Å². The molecule has 0 aliphatic rings. The van der Waals surface area contributed by atoms with Crippen molar-refractivity contribution < 1.29 is 13.2 Å². The van der Waals surface area contributed by atoms with Crippen LogP contribution in [0.5, 0.6) is 5.75 Å². The minimum Gasteiger partial charge on any atom is -0.495 e. The topological polar surface area (TPSA) is 55.4 Å². The van der Waals surface area contributed by atoms with Gasteiger partial charge < -0.3 is 4.74 Å². The van der Waals surface area contributed by atoms with Crippen LogP contribution in [-0.4, -0.2) is 21.3 Å². The van der Waals surface area contributed by atoms with Crippen molar-refractivity contribution in [3.63, 3.8) is 0 Å². The minimum absolute atomic E-state index is 0.0833. The van der Waals surface area contributed by atoms with E-state index >= 15 is 0 Å². The molecule has 0 radical (unpaired) electrons. The smallest absolute Gasteiger partial charge is 0.232 e. The molecule has 0 saturated heterocycles. The first-order valence-electron chi connectivity index (χ1n) is 6.78. The first-order valence-corrected chi connectivity index (χ1v) is 8.43. The van der Waals surface area contributed by atoms with E-state index in [-0.39, 0.29) is 5.75 Å². The summed E-state index contributed by atoms with van der Waals surface area (Å²) in [5, 5.41) is 0. The van der Waals surface area contributed by atoms with E-state index in [9.17, 15) is 8.42 Å². The molecule has 0 atom stereocenters. The molecule has 0 bridgehead atoms. The Hall–Kier alpha value is -2.01. The number of hydrogen-bond donors (Lipinski definition) is 1. The van der Waals surface area contributed by atoms with E-state index in [0.717, 1.165) is 12.0 Å². The maximum atomic E-state index is 12.1. The first-order chi connectivity index (χ1) is 10.1. The number of anilines is 1. The third-order valence-electron chi connectivity index (χ3n) is 3.09. The zero-order chi connectivity index (χ0) is 15.1. The van der Waals surface area contributed by atoms with Crippen LogP contribution in [0.25, 0.3) is 0 Å². The highest BCUT2D eigenvalue weighted by molar-refractivity contribution is 7.92. The fourth-order valence-corrected chi connectivity index (χ4v) is 3.19. The van der Waals surface area contributed by atoms with Crippen LogP contribution in [0.3, 0.4) is 0 Å². The average Bonchev–Trinajstić information content (AvgIpc) is 2.48. The quantitative estimate of drug-likeness (QED) is 0.855. The molecule has 0 saturated carbocycles. The Kier molecular flexibility index (Phi) is 5.22. The zero-order valence-electron chi connectivity index (χ0n) is 12.0. The molecule has 5 heteroatoms. The van der Waals surface area contributed by atoms with E-state index in [2.05, 4.69) is 4.72 Å². The highest BCUT2D eigenvalue weighted by Crippen LogP contribution is 2.24. The summed E-state index contributed by atoms with van der Waals surface area (Å²) in [6.45, 7) is 0. The van der Waals surface area contributed by atoms with Gasteiger partial charge in [-0.25, -0.2) is 8.42 Å². The summed E-state index contributed by atoms with van der Waals surface area (Å²) in [5.74, 6) is 0.601. The third kappa shape index (κ3) is 4.79. The van der Waals surface area contributed by atoms with Gasteiger partial charge in [0.2, 0.25) is 10.0 Å². The van der Waals surface area contributed by atoms with Crippen molar-refractivity contribution in [2.45, 2.75) is 12.8 Å².